The van der Waals surface area contributed by atoms with Crippen LogP contribution in [0.5, 0.6) is 0 Å². The number of hydrogen-bond acceptors (Lipinski definition) is 7. The average Bonchev–Trinajstić information content (AvgIpc) is 2.81. The van der Waals surface area contributed by atoms with E-state index in [-0.39, 0.29) is 36.7 Å². The maximum absolute atomic E-state index is 12.8. The van der Waals surface area contributed by atoms with E-state index in [9.17, 15) is 19.5 Å². The molecule has 0 aliphatic rings. The van der Waals surface area contributed by atoms with E-state index in [1.807, 2.05) is 0 Å². The fraction of sp³-hybridized carbons (Fsp3) is 0.292. The van der Waals surface area contributed by atoms with Gasteiger partial charge >= 0.3 is 11.9 Å². The van der Waals surface area contributed by atoms with Gasteiger partial charge in [0.05, 0.1) is 18.8 Å². The highest BCUT2D eigenvalue weighted by Crippen LogP contribution is 2.18. The number of aliphatic hydroxyl groups is 1. The van der Waals surface area contributed by atoms with Crippen molar-refractivity contribution in [2.45, 2.75) is 18.9 Å². The molecule has 2 aromatic carbocycles. The van der Waals surface area contributed by atoms with E-state index in [0.29, 0.717) is 30.0 Å². The second kappa shape index (κ2) is 13.4. The number of esters is 2. The summed E-state index contributed by atoms with van der Waals surface area (Å²) < 4.78 is 15.3. The Hall–Kier alpha value is -3.00. The molecule has 7 nitrogen and oxygen atoms in total. The van der Waals surface area contributed by atoms with Crippen molar-refractivity contribution in [1.29, 1.82) is 0 Å². The number of hydrogen-bond donors (Lipinski definition) is 1. The lowest BCUT2D eigenvalue weighted by atomic mass is 9.98. The van der Waals surface area contributed by atoms with Crippen LogP contribution in [-0.4, -0.2) is 55.4 Å². The highest BCUT2D eigenvalue weighted by atomic mass is 35.5. The molecule has 0 aliphatic carbocycles. The molecule has 0 radical (unpaired) electrons. The number of carbonyl (C=O) groups is 3. The summed E-state index contributed by atoms with van der Waals surface area (Å²) in [6.45, 7) is 3.62. The first-order valence-electron chi connectivity index (χ1n) is 10.0. The zero-order chi connectivity index (χ0) is 23.3. The summed E-state index contributed by atoms with van der Waals surface area (Å²) in [5.41, 5.74) is 0.694. The van der Waals surface area contributed by atoms with E-state index in [0.717, 1.165) is 6.08 Å². The molecule has 1 atom stereocenters. The third-order valence-electron chi connectivity index (χ3n) is 4.31. The normalized spacial score (nSPS) is 11.4. The molecule has 0 aliphatic heterocycles. The molecule has 0 bridgehead atoms. The van der Waals surface area contributed by atoms with E-state index in [4.69, 9.17) is 25.8 Å². The van der Waals surface area contributed by atoms with E-state index in [2.05, 4.69) is 6.58 Å². The Balaban J connectivity index is 1.78. The predicted octanol–water partition coefficient (Wildman–Crippen LogP) is 3.61. The quantitative estimate of drug-likeness (QED) is 0.211. The standard InChI is InChI=1S/C24H25ClO7/c1-2-22(27)31-14-6-5-13-30-15-19(26)16-32-24(29)21-8-4-3-7-20(21)23(28)17-9-11-18(25)12-10-17/h2-4,7-12,19,26H,1,5-6,13-16H2. The van der Waals surface area contributed by atoms with Crippen molar-refractivity contribution in [1.82, 2.24) is 0 Å². The maximum Gasteiger partial charge on any atom is 0.338 e. The highest BCUT2D eigenvalue weighted by Gasteiger charge is 2.20. The predicted molar refractivity (Wildman–Crippen MR) is 119 cm³/mol. The summed E-state index contributed by atoms with van der Waals surface area (Å²) in [6.07, 6.45) is 1.33. The van der Waals surface area contributed by atoms with Crippen molar-refractivity contribution in [3.05, 3.63) is 82.9 Å². The fourth-order valence-electron chi connectivity index (χ4n) is 2.67. The topological polar surface area (TPSA) is 99.1 Å². The molecule has 32 heavy (non-hydrogen) atoms. The van der Waals surface area contributed by atoms with Gasteiger partial charge in [0.15, 0.2) is 5.78 Å². The molecule has 0 fully saturated rings. The number of ketones is 1. The van der Waals surface area contributed by atoms with Crippen molar-refractivity contribution in [2.75, 3.05) is 26.4 Å². The zero-order valence-electron chi connectivity index (χ0n) is 17.5. The number of ether oxygens (including phenoxy) is 3. The van der Waals surface area contributed by atoms with Gasteiger partial charge in [0.2, 0.25) is 0 Å². The molecule has 0 saturated carbocycles. The van der Waals surface area contributed by atoms with Crippen LogP contribution in [0.3, 0.4) is 0 Å². The second-order valence-corrected chi connectivity index (χ2v) is 7.22. The smallest absolute Gasteiger partial charge is 0.338 e. The molecule has 2 aromatic rings. The summed E-state index contributed by atoms with van der Waals surface area (Å²) in [7, 11) is 0. The number of carbonyl (C=O) groups excluding carboxylic acids is 3. The minimum atomic E-state index is -1.02. The third kappa shape index (κ3) is 8.26. The Kier molecular flexibility index (Phi) is 10.6. The average molecular weight is 461 g/mol. The van der Waals surface area contributed by atoms with Crippen LogP contribution < -0.4 is 0 Å². The van der Waals surface area contributed by atoms with Crippen LogP contribution in [0, 0.1) is 0 Å². The molecule has 1 unspecified atom stereocenters. The summed E-state index contributed by atoms with van der Waals surface area (Å²) in [4.78, 5) is 36.2. The third-order valence-corrected chi connectivity index (χ3v) is 4.56. The van der Waals surface area contributed by atoms with Crippen molar-refractivity contribution in [3.63, 3.8) is 0 Å². The van der Waals surface area contributed by atoms with Gasteiger partial charge in [-0.2, -0.15) is 0 Å². The van der Waals surface area contributed by atoms with Gasteiger partial charge in [-0.25, -0.2) is 9.59 Å². The lowest BCUT2D eigenvalue weighted by Gasteiger charge is -2.13. The monoisotopic (exact) mass is 460 g/mol. The molecular weight excluding hydrogens is 436 g/mol. The first-order chi connectivity index (χ1) is 15.4. The fourth-order valence-corrected chi connectivity index (χ4v) is 2.80. The second-order valence-electron chi connectivity index (χ2n) is 6.79. The van der Waals surface area contributed by atoms with Gasteiger partial charge in [0, 0.05) is 28.8 Å². The van der Waals surface area contributed by atoms with Crippen molar-refractivity contribution < 1.29 is 33.7 Å². The zero-order valence-corrected chi connectivity index (χ0v) is 18.3. The molecule has 0 spiro atoms. The Bertz CT molecular complexity index is 924. The van der Waals surface area contributed by atoms with E-state index >= 15 is 0 Å². The summed E-state index contributed by atoms with van der Waals surface area (Å²) in [5, 5.41) is 10.5. The van der Waals surface area contributed by atoms with Crippen LogP contribution in [0.2, 0.25) is 5.02 Å². The first kappa shape index (κ1) is 25.3. The number of benzene rings is 2. The van der Waals surface area contributed by atoms with Gasteiger partial charge in [0.25, 0.3) is 0 Å². The van der Waals surface area contributed by atoms with Gasteiger partial charge in [0.1, 0.15) is 12.7 Å². The van der Waals surface area contributed by atoms with Crippen molar-refractivity contribution >= 4 is 29.3 Å². The first-order valence-corrected chi connectivity index (χ1v) is 10.4. The lowest BCUT2D eigenvalue weighted by molar-refractivity contribution is -0.137. The minimum absolute atomic E-state index is 0.0227. The molecule has 0 amide bonds. The Morgan fingerprint density at radius 3 is 2.28 bits per heavy atom. The van der Waals surface area contributed by atoms with Crippen LogP contribution >= 0.6 is 11.6 Å². The van der Waals surface area contributed by atoms with Gasteiger partial charge in [-0.3, -0.25) is 4.79 Å². The Labute approximate surface area is 191 Å². The van der Waals surface area contributed by atoms with Gasteiger partial charge in [-0.15, -0.1) is 0 Å². The SMILES string of the molecule is C=CC(=O)OCCCCOCC(O)COC(=O)c1ccccc1C(=O)c1ccc(Cl)cc1. The van der Waals surface area contributed by atoms with Gasteiger partial charge < -0.3 is 19.3 Å². The van der Waals surface area contributed by atoms with Gasteiger partial charge in [-0.05, 0) is 43.2 Å². The van der Waals surface area contributed by atoms with Crippen molar-refractivity contribution in [2.24, 2.45) is 0 Å². The lowest BCUT2D eigenvalue weighted by Crippen LogP contribution is -2.24. The summed E-state index contributed by atoms with van der Waals surface area (Å²) in [6, 6.07) is 12.7. The summed E-state index contributed by atoms with van der Waals surface area (Å²) in [5.74, 6) is -1.53. The maximum atomic E-state index is 12.8. The molecular formula is C24H25ClO7. The van der Waals surface area contributed by atoms with Crippen LogP contribution in [-0.2, 0) is 19.0 Å². The molecule has 8 heteroatoms. The number of rotatable bonds is 13. The number of unbranched alkanes of at least 4 members (excludes halogenated alkanes) is 1. The van der Waals surface area contributed by atoms with Crippen molar-refractivity contribution in [3.8, 4) is 0 Å². The molecule has 1 N–H and O–H groups in total. The molecule has 2 rings (SSSR count). The molecule has 0 saturated heterocycles. The Morgan fingerprint density at radius 1 is 0.938 bits per heavy atom. The number of aliphatic hydroxyl groups excluding tert-OH is 1. The van der Waals surface area contributed by atoms with Crippen LogP contribution in [0.1, 0.15) is 39.1 Å². The van der Waals surface area contributed by atoms with Crippen LogP contribution in [0.4, 0.5) is 0 Å². The van der Waals surface area contributed by atoms with Crippen LogP contribution in [0.15, 0.2) is 61.2 Å². The molecule has 170 valence electrons. The van der Waals surface area contributed by atoms with E-state index < -0.39 is 18.0 Å². The van der Waals surface area contributed by atoms with E-state index in [1.54, 1.807) is 42.5 Å². The molecule has 0 aromatic heterocycles. The van der Waals surface area contributed by atoms with E-state index in [1.165, 1.54) is 6.07 Å². The minimum Gasteiger partial charge on any atom is -0.463 e. The van der Waals surface area contributed by atoms with Crippen LogP contribution in [0.25, 0.3) is 0 Å². The largest absolute Gasteiger partial charge is 0.463 e. The highest BCUT2D eigenvalue weighted by molar-refractivity contribution is 6.30. The summed E-state index contributed by atoms with van der Waals surface area (Å²) >= 11 is 5.86. The Morgan fingerprint density at radius 2 is 1.59 bits per heavy atom. The molecule has 0 heterocycles. The number of halogens is 1. The van der Waals surface area contributed by atoms with Gasteiger partial charge in [-0.1, -0.05) is 36.4 Å².